The van der Waals surface area contributed by atoms with Gasteiger partial charge in [0.05, 0.1) is 5.92 Å². The second-order valence-corrected chi connectivity index (χ2v) is 4.83. The summed E-state index contributed by atoms with van der Waals surface area (Å²) in [5, 5.41) is 0. The van der Waals surface area contributed by atoms with E-state index in [-0.39, 0.29) is 5.57 Å². The van der Waals surface area contributed by atoms with Crippen LogP contribution in [0.5, 0.6) is 0 Å². The van der Waals surface area contributed by atoms with Crippen molar-refractivity contribution < 1.29 is 17.6 Å². The third-order valence-electron chi connectivity index (χ3n) is 3.20. The summed E-state index contributed by atoms with van der Waals surface area (Å²) >= 11 is 0. The molecule has 5 atom stereocenters. The molecule has 0 N–H and O–H groups in total. The van der Waals surface area contributed by atoms with Gasteiger partial charge in [-0.15, -0.1) is 0 Å². The molecule has 1 aliphatic carbocycles. The van der Waals surface area contributed by atoms with Crippen molar-refractivity contribution in [1.29, 1.82) is 0 Å². The highest BCUT2D eigenvalue weighted by atomic mass is 19.2. The van der Waals surface area contributed by atoms with Gasteiger partial charge in [0.1, 0.15) is 23.7 Å². The second kappa shape index (κ2) is 3.49. The van der Waals surface area contributed by atoms with Crippen LogP contribution < -0.4 is 0 Å². The Kier molecular flexibility index (Phi) is 2.92. The van der Waals surface area contributed by atoms with E-state index in [9.17, 15) is 17.6 Å². The molecule has 0 nitrogen and oxygen atoms in total. The number of rotatable bonds is 1. The molecule has 0 aromatic carbocycles. The third kappa shape index (κ3) is 1.91. The van der Waals surface area contributed by atoms with E-state index < -0.39 is 36.0 Å². The summed E-state index contributed by atoms with van der Waals surface area (Å²) in [4.78, 5) is 0. The van der Waals surface area contributed by atoms with E-state index in [1.165, 1.54) is 6.92 Å². The SMILES string of the molecule is C=C(C)C1[C@@H](F)C(C)(F)CC(F)C1(C)F. The summed E-state index contributed by atoms with van der Waals surface area (Å²) in [7, 11) is 0. The fraction of sp³-hybridized carbons (Fsp3) is 0.818. The standard InChI is InChI=1S/C11H16F4/c1-6(2)8-9(13)10(3,14)5-7(12)11(8,4)15/h7-9H,1,5H2,2-4H3/t7?,8?,9-,10?,11?/m1/s1. The Morgan fingerprint density at radius 2 is 1.73 bits per heavy atom. The lowest BCUT2D eigenvalue weighted by atomic mass is 9.67. The lowest BCUT2D eigenvalue weighted by molar-refractivity contribution is -0.118. The van der Waals surface area contributed by atoms with Crippen molar-refractivity contribution in [2.24, 2.45) is 5.92 Å². The number of allylic oxidation sites excluding steroid dienone is 1. The number of hydrogen-bond donors (Lipinski definition) is 0. The van der Waals surface area contributed by atoms with Crippen LogP contribution >= 0.6 is 0 Å². The van der Waals surface area contributed by atoms with E-state index in [4.69, 9.17) is 0 Å². The van der Waals surface area contributed by atoms with E-state index in [0.717, 1.165) is 13.8 Å². The van der Waals surface area contributed by atoms with Crippen molar-refractivity contribution in [2.45, 2.75) is 50.9 Å². The maximum Gasteiger partial charge on any atom is 0.148 e. The first-order valence-corrected chi connectivity index (χ1v) is 4.92. The topological polar surface area (TPSA) is 0 Å². The van der Waals surface area contributed by atoms with Crippen molar-refractivity contribution in [1.82, 2.24) is 0 Å². The Morgan fingerprint density at radius 1 is 1.27 bits per heavy atom. The smallest absolute Gasteiger partial charge is 0.148 e. The lowest BCUT2D eigenvalue weighted by Gasteiger charge is -2.45. The van der Waals surface area contributed by atoms with Crippen LogP contribution in [0.2, 0.25) is 0 Å². The molecule has 0 aromatic rings. The van der Waals surface area contributed by atoms with Gasteiger partial charge in [-0.05, 0) is 20.8 Å². The third-order valence-corrected chi connectivity index (χ3v) is 3.20. The van der Waals surface area contributed by atoms with Crippen molar-refractivity contribution >= 4 is 0 Å². The first-order chi connectivity index (χ1) is 6.60. The van der Waals surface area contributed by atoms with Gasteiger partial charge in [0.2, 0.25) is 0 Å². The van der Waals surface area contributed by atoms with Gasteiger partial charge < -0.3 is 0 Å². The average molecular weight is 224 g/mol. The molecule has 88 valence electrons. The van der Waals surface area contributed by atoms with Gasteiger partial charge in [0.25, 0.3) is 0 Å². The molecular weight excluding hydrogens is 208 g/mol. The Labute approximate surface area is 87.4 Å². The zero-order valence-electron chi connectivity index (χ0n) is 9.16. The van der Waals surface area contributed by atoms with E-state index in [1.807, 2.05) is 0 Å². The fourth-order valence-corrected chi connectivity index (χ4v) is 2.22. The minimum Gasteiger partial charge on any atom is -0.244 e. The molecule has 0 aromatic heterocycles. The van der Waals surface area contributed by atoms with Crippen LogP contribution in [0.3, 0.4) is 0 Å². The van der Waals surface area contributed by atoms with Crippen LogP contribution in [0.4, 0.5) is 17.6 Å². The number of halogens is 4. The molecule has 0 amide bonds. The van der Waals surface area contributed by atoms with Gasteiger partial charge in [-0.2, -0.15) is 0 Å². The van der Waals surface area contributed by atoms with Crippen molar-refractivity contribution in [3.8, 4) is 0 Å². The zero-order chi connectivity index (χ0) is 12.0. The van der Waals surface area contributed by atoms with Gasteiger partial charge in [0, 0.05) is 6.42 Å². The van der Waals surface area contributed by atoms with Gasteiger partial charge in [-0.25, -0.2) is 17.6 Å². The Morgan fingerprint density at radius 3 is 2.13 bits per heavy atom. The largest absolute Gasteiger partial charge is 0.244 e. The van der Waals surface area contributed by atoms with Crippen molar-refractivity contribution in [2.75, 3.05) is 0 Å². The van der Waals surface area contributed by atoms with E-state index >= 15 is 0 Å². The lowest BCUT2D eigenvalue weighted by Crippen LogP contribution is -2.58. The molecule has 0 spiro atoms. The highest BCUT2D eigenvalue weighted by Gasteiger charge is 2.59. The molecular formula is C11H16F4. The van der Waals surface area contributed by atoms with E-state index in [0.29, 0.717) is 0 Å². The molecule has 1 saturated carbocycles. The fourth-order valence-electron chi connectivity index (χ4n) is 2.22. The van der Waals surface area contributed by atoms with Crippen LogP contribution in [0.15, 0.2) is 12.2 Å². The monoisotopic (exact) mass is 224 g/mol. The molecule has 1 rings (SSSR count). The molecule has 0 aliphatic heterocycles. The molecule has 1 fully saturated rings. The van der Waals surface area contributed by atoms with Gasteiger partial charge in [-0.3, -0.25) is 0 Å². The first kappa shape index (κ1) is 12.5. The maximum absolute atomic E-state index is 13.9. The summed E-state index contributed by atoms with van der Waals surface area (Å²) in [6.45, 7) is 6.74. The van der Waals surface area contributed by atoms with Crippen molar-refractivity contribution in [3.63, 3.8) is 0 Å². The maximum atomic E-state index is 13.9. The number of alkyl halides is 4. The Balaban J connectivity index is 3.12. The number of hydrogen-bond acceptors (Lipinski definition) is 0. The highest BCUT2D eigenvalue weighted by Crippen LogP contribution is 2.49. The molecule has 15 heavy (non-hydrogen) atoms. The molecule has 0 radical (unpaired) electrons. The van der Waals surface area contributed by atoms with E-state index in [1.54, 1.807) is 0 Å². The first-order valence-electron chi connectivity index (χ1n) is 4.92. The van der Waals surface area contributed by atoms with Crippen molar-refractivity contribution in [3.05, 3.63) is 12.2 Å². The van der Waals surface area contributed by atoms with Crippen LogP contribution in [-0.2, 0) is 0 Å². The van der Waals surface area contributed by atoms with E-state index in [2.05, 4.69) is 6.58 Å². The van der Waals surface area contributed by atoms with Crippen LogP contribution in [-0.4, -0.2) is 23.7 Å². The summed E-state index contributed by atoms with van der Waals surface area (Å²) in [6.07, 6.45) is -4.79. The van der Waals surface area contributed by atoms with Gasteiger partial charge >= 0.3 is 0 Å². The highest BCUT2D eigenvalue weighted by molar-refractivity contribution is 5.17. The quantitative estimate of drug-likeness (QED) is 0.470. The van der Waals surface area contributed by atoms with Crippen LogP contribution in [0.25, 0.3) is 0 Å². The molecule has 0 bridgehead atoms. The summed E-state index contributed by atoms with van der Waals surface area (Å²) < 4.78 is 54.7. The second-order valence-electron chi connectivity index (χ2n) is 4.83. The Bertz CT molecular complexity index is 270. The average Bonchev–Trinajstić information content (AvgIpc) is 1.99. The normalized spacial score (nSPS) is 51.5. The zero-order valence-corrected chi connectivity index (χ0v) is 9.16. The molecule has 0 heterocycles. The Hall–Kier alpha value is -0.540. The summed E-state index contributed by atoms with van der Waals surface area (Å²) in [5.74, 6) is -1.42. The molecule has 0 saturated heterocycles. The minimum absolute atomic E-state index is 0.138. The molecule has 1 aliphatic rings. The van der Waals surface area contributed by atoms with Crippen LogP contribution in [0, 0.1) is 5.92 Å². The van der Waals surface area contributed by atoms with Gasteiger partial charge in [0.15, 0.2) is 0 Å². The predicted molar refractivity (Wildman–Crippen MR) is 51.7 cm³/mol. The minimum atomic E-state index is -2.38. The molecule has 4 heteroatoms. The predicted octanol–water partition coefficient (Wildman–Crippen LogP) is 3.72. The summed E-state index contributed by atoms with van der Waals surface area (Å²) in [6, 6.07) is 0. The summed E-state index contributed by atoms with van der Waals surface area (Å²) in [5.41, 5.74) is -4.57. The molecule has 4 unspecified atom stereocenters. The van der Waals surface area contributed by atoms with Gasteiger partial charge in [-0.1, -0.05) is 12.2 Å². The van der Waals surface area contributed by atoms with Crippen LogP contribution in [0.1, 0.15) is 27.2 Å².